The van der Waals surface area contributed by atoms with E-state index in [1.165, 1.54) is 44.9 Å². The normalized spacial score (nSPS) is 45.4. The first-order valence-electron chi connectivity index (χ1n) is 13.7. The molecule has 10 atom stereocenters. The van der Waals surface area contributed by atoms with Gasteiger partial charge in [-0.05, 0) is 123 Å². The molecule has 5 rings (SSSR count). The van der Waals surface area contributed by atoms with Gasteiger partial charge in [-0.1, -0.05) is 51.1 Å². The molecular weight excluding hydrogens is 392 g/mol. The minimum atomic E-state index is -0.323. The van der Waals surface area contributed by atoms with Crippen molar-refractivity contribution in [1.29, 1.82) is 0 Å². The highest BCUT2D eigenvalue weighted by Gasteiger charge is 2.60. The van der Waals surface area contributed by atoms with Gasteiger partial charge in [-0.15, -0.1) is 0 Å². The molecule has 0 spiro atoms. The zero-order valence-corrected chi connectivity index (χ0v) is 20.7. The van der Waals surface area contributed by atoms with E-state index in [9.17, 15) is 10.2 Å². The van der Waals surface area contributed by atoms with Gasteiger partial charge >= 0.3 is 0 Å². The van der Waals surface area contributed by atoms with E-state index in [4.69, 9.17) is 0 Å². The Morgan fingerprint density at radius 3 is 2.38 bits per heavy atom. The van der Waals surface area contributed by atoms with E-state index in [-0.39, 0.29) is 12.2 Å². The van der Waals surface area contributed by atoms with Crippen LogP contribution >= 0.6 is 0 Å². The Morgan fingerprint density at radius 2 is 1.59 bits per heavy atom. The third-order valence-corrected chi connectivity index (χ3v) is 11.5. The smallest absolute Gasteiger partial charge is 0.0790 e. The molecule has 4 fully saturated rings. The molecule has 0 aromatic heterocycles. The van der Waals surface area contributed by atoms with Gasteiger partial charge in [-0.25, -0.2) is 0 Å². The lowest BCUT2D eigenvalue weighted by Gasteiger charge is -2.61. The molecule has 4 aliphatic carbocycles. The molecule has 2 N–H and O–H groups in total. The zero-order chi connectivity index (χ0) is 22.5. The van der Waals surface area contributed by atoms with E-state index in [1.54, 1.807) is 0 Å². The fourth-order valence-electron chi connectivity index (χ4n) is 9.67. The van der Waals surface area contributed by atoms with Crippen LogP contribution in [0.15, 0.2) is 30.3 Å². The van der Waals surface area contributed by atoms with Crippen molar-refractivity contribution in [1.82, 2.24) is 0 Å². The molecule has 1 aromatic rings. The molecular formula is C30H46O2. The topological polar surface area (TPSA) is 40.5 Å². The summed E-state index contributed by atoms with van der Waals surface area (Å²) in [5.41, 5.74) is 2.04. The maximum absolute atomic E-state index is 10.7. The molecule has 1 aromatic carbocycles. The summed E-state index contributed by atoms with van der Waals surface area (Å²) in [4.78, 5) is 0. The monoisotopic (exact) mass is 438 g/mol. The second kappa shape index (κ2) is 8.73. The summed E-state index contributed by atoms with van der Waals surface area (Å²) in [6.07, 6.45) is 13.4. The lowest BCUT2D eigenvalue weighted by atomic mass is 9.44. The van der Waals surface area contributed by atoms with Crippen LogP contribution in [0.3, 0.4) is 0 Å². The first kappa shape index (κ1) is 22.9. The van der Waals surface area contributed by atoms with Crippen LogP contribution in [-0.4, -0.2) is 16.3 Å². The van der Waals surface area contributed by atoms with Crippen LogP contribution in [-0.2, 0) is 0 Å². The van der Waals surface area contributed by atoms with Gasteiger partial charge in [0.05, 0.1) is 12.2 Å². The Balaban J connectivity index is 1.26. The fourth-order valence-corrected chi connectivity index (χ4v) is 9.67. The van der Waals surface area contributed by atoms with E-state index in [1.807, 2.05) is 18.2 Å². The quantitative estimate of drug-likeness (QED) is 0.512. The Kier molecular flexibility index (Phi) is 6.25. The molecule has 0 amide bonds. The maximum atomic E-state index is 10.7. The summed E-state index contributed by atoms with van der Waals surface area (Å²) in [7, 11) is 0. The van der Waals surface area contributed by atoms with Gasteiger partial charge in [-0.3, -0.25) is 0 Å². The Labute approximate surface area is 196 Å². The van der Waals surface area contributed by atoms with E-state index in [0.717, 1.165) is 60.8 Å². The first-order chi connectivity index (χ1) is 15.3. The van der Waals surface area contributed by atoms with E-state index < -0.39 is 0 Å². The van der Waals surface area contributed by atoms with Gasteiger partial charge in [0.1, 0.15) is 0 Å². The Hall–Kier alpha value is -0.860. The predicted octanol–water partition coefficient (Wildman–Crippen LogP) is 7.16. The molecule has 0 radical (unpaired) electrons. The van der Waals surface area contributed by atoms with Crippen molar-refractivity contribution in [3.05, 3.63) is 35.9 Å². The molecule has 4 saturated carbocycles. The van der Waals surface area contributed by atoms with Crippen molar-refractivity contribution < 1.29 is 10.2 Å². The summed E-state index contributed by atoms with van der Waals surface area (Å²) in [6.45, 7) is 7.72. The van der Waals surface area contributed by atoms with Gasteiger partial charge < -0.3 is 10.2 Å². The second-order valence-corrected chi connectivity index (χ2v) is 12.8. The molecule has 0 saturated heterocycles. The molecule has 32 heavy (non-hydrogen) atoms. The van der Waals surface area contributed by atoms with Gasteiger partial charge in [0, 0.05) is 0 Å². The largest absolute Gasteiger partial charge is 0.393 e. The molecule has 9 unspecified atom stereocenters. The van der Waals surface area contributed by atoms with Gasteiger partial charge in [0.2, 0.25) is 0 Å². The van der Waals surface area contributed by atoms with Crippen molar-refractivity contribution in [2.24, 2.45) is 46.3 Å². The maximum Gasteiger partial charge on any atom is 0.0790 e. The third-order valence-electron chi connectivity index (χ3n) is 11.5. The minimum Gasteiger partial charge on any atom is -0.393 e. The van der Waals surface area contributed by atoms with Crippen LogP contribution in [0.25, 0.3) is 0 Å². The summed E-state index contributed by atoms with van der Waals surface area (Å²) >= 11 is 0. The number of benzene rings is 1. The van der Waals surface area contributed by atoms with Gasteiger partial charge in [0.25, 0.3) is 0 Å². The van der Waals surface area contributed by atoms with Crippen LogP contribution in [0.2, 0.25) is 0 Å². The fraction of sp³-hybridized carbons (Fsp3) is 0.800. The number of hydrogen-bond acceptors (Lipinski definition) is 2. The summed E-state index contributed by atoms with van der Waals surface area (Å²) in [5.74, 6) is 4.97. The summed E-state index contributed by atoms with van der Waals surface area (Å²) in [5, 5.41) is 21.0. The lowest BCUT2D eigenvalue weighted by molar-refractivity contribution is -0.129. The third kappa shape index (κ3) is 3.78. The number of aliphatic hydroxyl groups is 2. The second-order valence-electron chi connectivity index (χ2n) is 12.8. The standard InChI is InChI=1S/C30H46O2/c1-20(9-14-28(32)21-7-5-4-6-8-21)25-12-13-26-24-11-10-22-19-23(31)15-17-29(22,2)27(24)16-18-30(25,26)3/h4-8,20,22-28,31-32H,9-19H2,1-3H3/t20?,22?,23?,24?,25-,26?,27?,28?,29?,30?/m1/s1. The van der Waals surface area contributed by atoms with Gasteiger partial charge in [-0.2, -0.15) is 0 Å². The number of rotatable bonds is 5. The molecule has 178 valence electrons. The average molecular weight is 439 g/mol. The lowest BCUT2D eigenvalue weighted by Crippen LogP contribution is -2.54. The minimum absolute atomic E-state index is 0.0403. The molecule has 2 nitrogen and oxygen atoms in total. The molecule has 2 heteroatoms. The Bertz CT molecular complexity index is 776. The van der Waals surface area contributed by atoms with Crippen molar-refractivity contribution in [2.75, 3.05) is 0 Å². The highest BCUT2D eigenvalue weighted by Crippen LogP contribution is 2.68. The van der Waals surface area contributed by atoms with E-state index in [0.29, 0.717) is 16.7 Å². The van der Waals surface area contributed by atoms with Crippen molar-refractivity contribution in [3.8, 4) is 0 Å². The van der Waals surface area contributed by atoms with Crippen LogP contribution in [0.5, 0.6) is 0 Å². The molecule has 4 aliphatic rings. The zero-order valence-electron chi connectivity index (χ0n) is 20.7. The average Bonchev–Trinajstić information content (AvgIpc) is 3.15. The summed E-state index contributed by atoms with van der Waals surface area (Å²) < 4.78 is 0. The van der Waals surface area contributed by atoms with Gasteiger partial charge in [0.15, 0.2) is 0 Å². The number of aliphatic hydroxyl groups excluding tert-OH is 2. The van der Waals surface area contributed by atoms with E-state index in [2.05, 4.69) is 32.9 Å². The number of hydrogen-bond donors (Lipinski definition) is 2. The van der Waals surface area contributed by atoms with Crippen molar-refractivity contribution in [2.45, 2.75) is 104 Å². The summed E-state index contributed by atoms with van der Waals surface area (Å²) in [6, 6.07) is 10.2. The van der Waals surface area contributed by atoms with E-state index >= 15 is 0 Å². The Morgan fingerprint density at radius 1 is 0.875 bits per heavy atom. The SMILES string of the molecule is CC(CCC(O)c1ccccc1)[C@H]1CCC2C3CCC4CC(O)CCC4(C)C3CCC21C. The van der Waals surface area contributed by atoms with Crippen LogP contribution in [0, 0.1) is 46.3 Å². The highest BCUT2D eigenvalue weighted by molar-refractivity contribution is 5.17. The predicted molar refractivity (Wildman–Crippen MR) is 131 cm³/mol. The molecule has 0 heterocycles. The first-order valence-corrected chi connectivity index (χ1v) is 13.7. The van der Waals surface area contributed by atoms with Crippen LogP contribution in [0.4, 0.5) is 0 Å². The van der Waals surface area contributed by atoms with Crippen LogP contribution in [0.1, 0.15) is 103 Å². The highest BCUT2D eigenvalue weighted by atomic mass is 16.3. The van der Waals surface area contributed by atoms with Crippen molar-refractivity contribution in [3.63, 3.8) is 0 Å². The molecule has 0 bridgehead atoms. The number of fused-ring (bicyclic) bond motifs is 5. The van der Waals surface area contributed by atoms with Crippen LogP contribution < -0.4 is 0 Å². The van der Waals surface area contributed by atoms with Crippen molar-refractivity contribution >= 4 is 0 Å². The molecule has 0 aliphatic heterocycles.